The Bertz CT molecular complexity index is 1280. The summed E-state index contributed by atoms with van der Waals surface area (Å²) in [5, 5.41) is 13.4. The monoisotopic (exact) mass is 496 g/mol. The summed E-state index contributed by atoms with van der Waals surface area (Å²) >= 11 is 1.59. The molecule has 4 aromatic rings. The molecule has 0 bridgehead atoms. The second kappa shape index (κ2) is 12.2. The summed E-state index contributed by atoms with van der Waals surface area (Å²) < 4.78 is 27.6. The molecule has 0 atom stereocenters. The lowest BCUT2D eigenvalue weighted by atomic mass is 10.1. The van der Waals surface area contributed by atoms with Crippen molar-refractivity contribution in [3.05, 3.63) is 82.6 Å². The van der Waals surface area contributed by atoms with E-state index in [1.165, 1.54) is 13.2 Å². The van der Waals surface area contributed by atoms with E-state index in [0.717, 1.165) is 26.6 Å². The number of carboxylic acid groups (broad SMARTS) is 1. The van der Waals surface area contributed by atoms with Gasteiger partial charge in [-0.05, 0) is 55.3 Å². The zero-order valence-electron chi connectivity index (χ0n) is 20.2. The number of carboxylic acids is 1. The van der Waals surface area contributed by atoms with Crippen LogP contribution in [0.4, 0.5) is 4.39 Å². The minimum absolute atomic E-state index is 0.0597. The van der Waals surface area contributed by atoms with Gasteiger partial charge in [0.1, 0.15) is 29.6 Å². The number of aliphatic carboxylic acids is 1. The molecular weight excluding hydrogens is 467 g/mol. The predicted molar refractivity (Wildman–Crippen MR) is 136 cm³/mol. The molecule has 0 radical (unpaired) electrons. The fraction of sp³-hybridized carbons (Fsp3) is 0.259. The van der Waals surface area contributed by atoms with Crippen molar-refractivity contribution >= 4 is 17.3 Å². The van der Waals surface area contributed by atoms with E-state index >= 15 is 0 Å². The van der Waals surface area contributed by atoms with Crippen LogP contribution in [0.3, 0.4) is 0 Å². The van der Waals surface area contributed by atoms with Crippen LogP contribution in [0.1, 0.15) is 36.3 Å². The molecule has 0 aliphatic carbocycles. The van der Waals surface area contributed by atoms with Gasteiger partial charge in [-0.15, -0.1) is 11.3 Å². The summed E-state index contributed by atoms with van der Waals surface area (Å²) in [6.07, 6.45) is 2.17. The number of nitrogens with zero attached hydrogens (tertiary/aromatic N) is 2. The molecule has 8 heteroatoms. The summed E-state index contributed by atoms with van der Waals surface area (Å²) in [5.74, 6) is -0.0842. The number of carbonyl (C=O) groups is 1. The minimum atomic E-state index is -0.839. The van der Waals surface area contributed by atoms with Crippen LogP contribution in [0, 0.1) is 12.7 Å². The van der Waals surface area contributed by atoms with E-state index in [0.29, 0.717) is 17.9 Å². The highest BCUT2D eigenvalue weighted by molar-refractivity contribution is 7.15. The van der Waals surface area contributed by atoms with Gasteiger partial charge >= 0.3 is 5.97 Å². The van der Waals surface area contributed by atoms with Gasteiger partial charge < -0.3 is 14.6 Å². The first-order valence-corrected chi connectivity index (χ1v) is 12.2. The van der Waals surface area contributed by atoms with Crippen LogP contribution in [-0.4, -0.2) is 28.0 Å². The van der Waals surface area contributed by atoms with Crippen LogP contribution in [0.15, 0.2) is 60.8 Å². The Balaban J connectivity index is 0.00000167. The van der Waals surface area contributed by atoms with Gasteiger partial charge in [0, 0.05) is 22.9 Å². The molecule has 2 aromatic carbocycles. The Morgan fingerprint density at radius 1 is 1.11 bits per heavy atom. The molecule has 0 aliphatic heterocycles. The van der Waals surface area contributed by atoms with E-state index in [9.17, 15) is 9.18 Å². The van der Waals surface area contributed by atoms with Crippen molar-refractivity contribution in [1.29, 1.82) is 0 Å². The number of methoxy groups -OCH3 is 1. The lowest BCUT2D eigenvalue weighted by Gasteiger charge is -2.12. The fourth-order valence-electron chi connectivity index (χ4n) is 3.48. The van der Waals surface area contributed by atoms with Crippen LogP contribution in [0.2, 0.25) is 0 Å². The number of ether oxygens (including phenoxy) is 2. The second-order valence-corrected chi connectivity index (χ2v) is 8.78. The maximum atomic E-state index is 14.7. The van der Waals surface area contributed by atoms with Crippen LogP contribution in [0.25, 0.3) is 16.3 Å². The number of rotatable bonds is 9. The summed E-state index contributed by atoms with van der Waals surface area (Å²) in [7, 11) is 1.54. The molecular formula is C27H29FN2O4S. The molecule has 0 unspecified atom stereocenters. The molecule has 35 heavy (non-hydrogen) atoms. The van der Waals surface area contributed by atoms with E-state index < -0.39 is 11.8 Å². The molecule has 0 fully saturated rings. The first-order valence-electron chi connectivity index (χ1n) is 11.4. The second-order valence-electron chi connectivity index (χ2n) is 7.49. The fourth-order valence-corrected chi connectivity index (χ4v) is 4.41. The number of aromatic nitrogens is 2. The maximum absolute atomic E-state index is 14.7. The molecule has 0 spiro atoms. The number of thiophene rings is 1. The highest BCUT2D eigenvalue weighted by Crippen LogP contribution is 2.34. The van der Waals surface area contributed by atoms with Gasteiger partial charge in [-0.1, -0.05) is 26.0 Å². The summed E-state index contributed by atoms with van der Waals surface area (Å²) in [4.78, 5) is 12.9. The Morgan fingerprint density at radius 3 is 2.60 bits per heavy atom. The van der Waals surface area contributed by atoms with Crippen LogP contribution >= 0.6 is 11.3 Å². The average molecular weight is 497 g/mol. The molecule has 0 amide bonds. The number of benzene rings is 2. The molecule has 1 N–H and O–H groups in total. The number of aryl methyl sites for hydroxylation is 2. The van der Waals surface area contributed by atoms with Crippen molar-refractivity contribution in [2.75, 3.05) is 7.11 Å². The lowest BCUT2D eigenvalue weighted by Crippen LogP contribution is -2.04. The quantitative estimate of drug-likeness (QED) is 0.280. The van der Waals surface area contributed by atoms with Gasteiger partial charge in [-0.3, -0.25) is 4.79 Å². The zero-order valence-corrected chi connectivity index (χ0v) is 21.1. The topological polar surface area (TPSA) is 73.6 Å². The van der Waals surface area contributed by atoms with E-state index in [2.05, 4.69) is 5.10 Å². The SMILES string of the molecule is CC.COc1ccc(F)c(-n2ncc(COc3cccc(CCC(=O)O)c3)c2-c2ccc(C)s2)c1. The Labute approximate surface area is 208 Å². The summed E-state index contributed by atoms with van der Waals surface area (Å²) in [5.41, 5.74) is 2.73. The largest absolute Gasteiger partial charge is 0.497 e. The van der Waals surface area contributed by atoms with Crippen LogP contribution in [0.5, 0.6) is 11.5 Å². The third-order valence-electron chi connectivity index (χ3n) is 5.12. The molecule has 0 saturated carbocycles. The Kier molecular flexibility index (Phi) is 9.03. The summed E-state index contributed by atoms with van der Waals surface area (Å²) in [6.45, 7) is 6.24. The van der Waals surface area contributed by atoms with Crippen LogP contribution in [-0.2, 0) is 17.8 Å². The predicted octanol–water partition coefficient (Wildman–Crippen LogP) is 6.68. The highest BCUT2D eigenvalue weighted by Gasteiger charge is 2.19. The first-order chi connectivity index (χ1) is 16.9. The molecule has 2 aromatic heterocycles. The molecule has 2 heterocycles. The van der Waals surface area contributed by atoms with Gasteiger partial charge in [-0.25, -0.2) is 9.07 Å². The lowest BCUT2D eigenvalue weighted by molar-refractivity contribution is -0.136. The minimum Gasteiger partial charge on any atom is -0.497 e. The Morgan fingerprint density at radius 2 is 1.91 bits per heavy atom. The molecule has 6 nitrogen and oxygen atoms in total. The maximum Gasteiger partial charge on any atom is 0.303 e. The zero-order chi connectivity index (χ0) is 25.4. The Hall–Kier alpha value is -3.65. The average Bonchev–Trinajstić information content (AvgIpc) is 3.49. The van der Waals surface area contributed by atoms with Gasteiger partial charge in [-0.2, -0.15) is 5.10 Å². The number of hydrogen-bond donors (Lipinski definition) is 1. The van der Waals surface area contributed by atoms with Crippen LogP contribution < -0.4 is 9.47 Å². The van der Waals surface area contributed by atoms with Crippen molar-refractivity contribution in [3.8, 4) is 27.8 Å². The van der Waals surface area contributed by atoms with Crippen molar-refractivity contribution in [2.45, 2.75) is 40.2 Å². The van der Waals surface area contributed by atoms with Gasteiger partial charge in [0.2, 0.25) is 0 Å². The van der Waals surface area contributed by atoms with E-state index in [-0.39, 0.29) is 18.7 Å². The number of halogens is 1. The van der Waals surface area contributed by atoms with E-state index in [1.807, 2.05) is 57.2 Å². The van der Waals surface area contributed by atoms with Crippen molar-refractivity contribution in [2.24, 2.45) is 0 Å². The smallest absolute Gasteiger partial charge is 0.303 e. The molecule has 0 saturated heterocycles. The normalized spacial score (nSPS) is 10.4. The third kappa shape index (κ3) is 6.48. The molecule has 184 valence electrons. The highest BCUT2D eigenvalue weighted by atomic mass is 32.1. The summed E-state index contributed by atoms with van der Waals surface area (Å²) in [6, 6.07) is 15.9. The first kappa shape index (κ1) is 26.0. The van der Waals surface area contributed by atoms with E-state index in [4.69, 9.17) is 14.6 Å². The molecule has 4 rings (SSSR count). The van der Waals surface area contributed by atoms with E-state index in [1.54, 1.807) is 34.3 Å². The third-order valence-corrected chi connectivity index (χ3v) is 6.13. The van der Waals surface area contributed by atoms with Gasteiger partial charge in [0.15, 0.2) is 0 Å². The molecule has 0 aliphatic rings. The van der Waals surface area contributed by atoms with Crippen molar-refractivity contribution in [1.82, 2.24) is 9.78 Å². The van der Waals surface area contributed by atoms with Gasteiger partial charge in [0.05, 0.1) is 23.9 Å². The standard InChI is InChI=1S/C25H23FN2O4S.C2H6/c1-16-6-10-23(33-16)25-18(14-27-28(25)22-13-19(31-2)8-9-21(22)26)15-32-20-5-3-4-17(12-20)7-11-24(29)30;1-2/h3-6,8-10,12-14H,7,11,15H2,1-2H3,(H,29,30);1-2H3. The van der Waals surface area contributed by atoms with Crippen molar-refractivity contribution in [3.63, 3.8) is 0 Å². The number of hydrogen-bond acceptors (Lipinski definition) is 5. The van der Waals surface area contributed by atoms with Gasteiger partial charge in [0.25, 0.3) is 0 Å². The van der Waals surface area contributed by atoms with Crippen molar-refractivity contribution < 1.29 is 23.8 Å².